The summed E-state index contributed by atoms with van der Waals surface area (Å²) in [4.78, 5) is 5.32. The number of fused-ring (bicyclic) bond motifs is 1. The number of aliphatic hydroxyl groups is 1. The van der Waals surface area contributed by atoms with E-state index in [9.17, 15) is 5.11 Å². The topological polar surface area (TPSA) is 79.1 Å². The summed E-state index contributed by atoms with van der Waals surface area (Å²) in [7, 11) is 0. The number of rotatable bonds is 3. The second-order valence-corrected chi connectivity index (χ2v) is 4.31. The number of aromatic nitrogens is 5. The lowest BCUT2D eigenvalue weighted by Crippen LogP contribution is -2.02. The van der Waals surface area contributed by atoms with Crippen LogP contribution in [0.2, 0.25) is 0 Å². The molecule has 0 aliphatic rings. The van der Waals surface area contributed by atoms with Gasteiger partial charge < -0.3 is 5.11 Å². The van der Waals surface area contributed by atoms with Crippen LogP contribution in [0.25, 0.3) is 4.96 Å². The van der Waals surface area contributed by atoms with Crippen molar-refractivity contribution < 1.29 is 5.11 Å². The molecule has 0 saturated heterocycles. The number of hydrogen-bond donors (Lipinski definition) is 2. The van der Waals surface area contributed by atoms with E-state index in [1.807, 2.05) is 22.2 Å². The van der Waals surface area contributed by atoms with E-state index < -0.39 is 6.10 Å². The standard InChI is InChI=1S/C9H9N5OS/c15-8(7-4-10-13-12-7)3-6-5-14-1-2-16-9(14)11-6/h1-2,4-5,8,15H,3H2,(H,10,12,13). The zero-order valence-corrected chi connectivity index (χ0v) is 9.05. The number of imidazole rings is 1. The Morgan fingerprint density at radius 1 is 1.56 bits per heavy atom. The maximum atomic E-state index is 9.86. The fourth-order valence-electron chi connectivity index (χ4n) is 1.55. The van der Waals surface area contributed by atoms with E-state index >= 15 is 0 Å². The maximum absolute atomic E-state index is 9.86. The molecule has 1 unspecified atom stereocenters. The van der Waals surface area contributed by atoms with E-state index in [2.05, 4.69) is 20.4 Å². The van der Waals surface area contributed by atoms with Crippen LogP contribution >= 0.6 is 11.3 Å². The minimum atomic E-state index is -0.664. The highest BCUT2D eigenvalue weighted by Gasteiger charge is 2.13. The fraction of sp³-hybridized carbons (Fsp3) is 0.222. The van der Waals surface area contributed by atoms with Crippen molar-refractivity contribution in [3.8, 4) is 0 Å². The van der Waals surface area contributed by atoms with E-state index in [-0.39, 0.29) is 0 Å². The summed E-state index contributed by atoms with van der Waals surface area (Å²) in [6.07, 6.45) is 5.15. The lowest BCUT2D eigenvalue weighted by Gasteiger charge is -2.03. The third-order valence-electron chi connectivity index (χ3n) is 2.32. The molecule has 0 saturated carbocycles. The van der Waals surface area contributed by atoms with Crippen molar-refractivity contribution in [3.05, 3.63) is 35.4 Å². The first-order valence-corrected chi connectivity index (χ1v) is 5.66. The van der Waals surface area contributed by atoms with E-state index in [0.717, 1.165) is 10.7 Å². The van der Waals surface area contributed by atoms with Crippen molar-refractivity contribution in [3.63, 3.8) is 0 Å². The van der Waals surface area contributed by atoms with Gasteiger partial charge in [0.25, 0.3) is 0 Å². The molecule has 3 rings (SSSR count). The Balaban J connectivity index is 1.82. The molecular formula is C9H9N5OS. The number of nitrogens with zero attached hydrogens (tertiary/aromatic N) is 4. The van der Waals surface area contributed by atoms with Gasteiger partial charge in [0, 0.05) is 24.2 Å². The summed E-state index contributed by atoms with van der Waals surface area (Å²) < 4.78 is 1.94. The third-order valence-corrected chi connectivity index (χ3v) is 3.09. The predicted octanol–water partition coefficient (Wildman–Crippen LogP) is 0.790. The van der Waals surface area contributed by atoms with Gasteiger partial charge >= 0.3 is 0 Å². The SMILES string of the molecule is OC(Cc1cn2ccsc2n1)c1cn[nH]n1. The first-order chi connectivity index (χ1) is 7.83. The molecule has 0 aromatic carbocycles. The fourth-order valence-corrected chi connectivity index (χ4v) is 2.27. The highest BCUT2D eigenvalue weighted by atomic mass is 32.1. The molecular weight excluding hydrogens is 226 g/mol. The lowest BCUT2D eigenvalue weighted by molar-refractivity contribution is 0.172. The largest absolute Gasteiger partial charge is 0.386 e. The molecule has 16 heavy (non-hydrogen) atoms. The van der Waals surface area contributed by atoms with Gasteiger partial charge in [0.1, 0.15) is 11.8 Å². The minimum absolute atomic E-state index is 0.445. The van der Waals surface area contributed by atoms with Gasteiger partial charge in [-0.15, -0.1) is 11.3 Å². The first kappa shape index (κ1) is 9.49. The van der Waals surface area contributed by atoms with E-state index in [1.165, 1.54) is 6.20 Å². The zero-order chi connectivity index (χ0) is 11.0. The number of aromatic amines is 1. The average molecular weight is 235 g/mol. The van der Waals surface area contributed by atoms with E-state index in [0.29, 0.717) is 12.1 Å². The normalized spacial score (nSPS) is 13.3. The molecule has 3 aromatic rings. The zero-order valence-electron chi connectivity index (χ0n) is 8.24. The second kappa shape index (κ2) is 3.69. The molecule has 0 fully saturated rings. The van der Waals surface area contributed by atoms with Crippen LogP contribution < -0.4 is 0 Å². The molecule has 3 aromatic heterocycles. The Kier molecular flexibility index (Phi) is 2.19. The Morgan fingerprint density at radius 3 is 3.25 bits per heavy atom. The summed E-state index contributed by atoms with van der Waals surface area (Å²) in [5.74, 6) is 0. The summed E-state index contributed by atoms with van der Waals surface area (Å²) in [5.41, 5.74) is 1.39. The smallest absolute Gasteiger partial charge is 0.193 e. The summed E-state index contributed by atoms with van der Waals surface area (Å²) in [6.45, 7) is 0. The van der Waals surface area contributed by atoms with Crippen LogP contribution in [-0.4, -0.2) is 29.9 Å². The Bertz CT molecular complexity index is 555. The highest BCUT2D eigenvalue weighted by Crippen LogP contribution is 2.17. The van der Waals surface area contributed by atoms with Crippen molar-refractivity contribution in [2.24, 2.45) is 0 Å². The van der Waals surface area contributed by atoms with Crippen molar-refractivity contribution in [2.75, 3.05) is 0 Å². The molecule has 82 valence electrons. The van der Waals surface area contributed by atoms with Crippen molar-refractivity contribution >= 4 is 16.3 Å². The van der Waals surface area contributed by atoms with Crippen LogP contribution in [-0.2, 0) is 6.42 Å². The molecule has 3 heterocycles. The van der Waals surface area contributed by atoms with Gasteiger partial charge in [0.05, 0.1) is 11.9 Å². The number of thiazole rings is 1. The average Bonchev–Trinajstić information content (AvgIpc) is 2.91. The van der Waals surface area contributed by atoms with Crippen molar-refractivity contribution in [1.29, 1.82) is 0 Å². The van der Waals surface area contributed by atoms with Crippen LogP contribution in [0.4, 0.5) is 0 Å². The number of H-pyrrole nitrogens is 1. The number of aliphatic hydroxyl groups excluding tert-OH is 1. The summed E-state index contributed by atoms with van der Waals surface area (Å²) in [5, 5.41) is 21.8. The van der Waals surface area contributed by atoms with Crippen LogP contribution in [0, 0.1) is 0 Å². The first-order valence-electron chi connectivity index (χ1n) is 4.78. The monoisotopic (exact) mass is 235 g/mol. The molecule has 1 atom stereocenters. The van der Waals surface area contributed by atoms with Gasteiger partial charge in [-0.25, -0.2) is 4.98 Å². The van der Waals surface area contributed by atoms with E-state index in [4.69, 9.17) is 0 Å². The van der Waals surface area contributed by atoms with Crippen LogP contribution in [0.5, 0.6) is 0 Å². The molecule has 0 aliphatic carbocycles. The number of hydrogen-bond acceptors (Lipinski definition) is 5. The van der Waals surface area contributed by atoms with E-state index in [1.54, 1.807) is 11.3 Å². The Morgan fingerprint density at radius 2 is 2.50 bits per heavy atom. The molecule has 6 nitrogen and oxygen atoms in total. The molecule has 2 N–H and O–H groups in total. The summed E-state index contributed by atoms with van der Waals surface area (Å²) in [6, 6.07) is 0. The van der Waals surface area contributed by atoms with Crippen molar-refractivity contribution in [1.82, 2.24) is 24.8 Å². The predicted molar refractivity (Wildman–Crippen MR) is 58.1 cm³/mol. The van der Waals surface area contributed by atoms with Gasteiger partial charge in [0.2, 0.25) is 0 Å². The van der Waals surface area contributed by atoms with Gasteiger partial charge in [-0.3, -0.25) is 4.40 Å². The van der Waals surface area contributed by atoms with Gasteiger partial charge in [0.15, 0.2) is 4.96 Å². The van der Waals surface area contributed by atoms with Crippen molar-refractivity contribution in [2.45, 2.75) is 12.5 Å². The minimum Gasteiger partial charge on any atom is -0.386 e. The maximum Gasteiger partial charge on any atom is 0.193 e. The second-order valence-electron chi connectivity index (χ2n) is 3.44. The molecule has 0 amide bonds. The summed E-state index contributed by atoms with van der Waals surface area (Å²) >= 11 is 1.57. The molecule has 0 spiro atoms. The molecule has 0 radical (unpaired) electrons. The molecule has 0 bridgehead atoms. The van der Waals surface area contributed by atoms with Crippen LogP contribution in [0.1, 0.15) is 17.5 Å². The van der Waals surface area contributed by atoms with Gasteiger partial charge in [-0.1, -0.05) is 0 Å². The Hall–Kier alpha value is -1.73. The third kappa shape index (κ3) is 1.59. The van der Waals surface area contributed by atoms with Crippen LogP contribution in [0.3, 0.4) is 0 Å². The number of nitrogens with one attached hydrogen (secondary N) is 1. The lowest BCUT2D eigenvalue weighted by atomic mass is 10.1. The molecule has 0 aliphatic heterocycles. The highest BCUT2D eigenvalue weighted by molar-refractivity contribution is 7.15. The Labute approximate surface area is 94.6 Å². The molecule has 7 heteroatoms. The van der Waals surface area contributed by atoms with Crippen LogP contribution in [0.15, 0.2) is 24.0 Å². The quantitative estimate of drug-likeness (QED) is 0.703. The van der Waals surface area contributed by atoms with Gasteiger partial charge in [-0.05, 0) is 0 Å². The van der Waals surface area contributed by atoms with Gasteiger partial charge in [-0.2, -0.15) is 15.4 Å².